The lowest BCUT2D eigenvalue weighted by Gasteiger charge is -2.09. The fourth-order valence-corrected chi connectivity index (χ4v) is 1.95. The molecule has 2 N–H and O–H groups in total. The Morgan fingerprint density at radius 3 is 2.50 bits per heavy atom. The van der Waals surface area contributed by atoms with Gasteiger partial charge in [-0.1, -0.05) is 28.1 Å². The molecule has 0 unspecified atom stereocenters. The summed E-state index contributed by atoms with van der Waals surface area (Å²) in [5.41, 5.74) is 6.13. The molecule has 0 aromatic heterocycles. The third-order valence-electron chi connectivity index (χ3n) is 2.78. The second kappa shape index (κ2) is 7.61. The highest BCUT2D eigenvalue weighted by Crippen LogP contribution is 2.12. The number of hydrogen-bond donors (Lipinski definition) is 2. The number of amides is 2. The Bertz CT molecular complexity index is 671. The fraction of sp³-hybridized carbons (Fsp3) is 0.125. The van der Waals surface area contributed by atoms with Crippen LogP contribution in [-0.4, -0.2) is 18.4 Å². The quantitative estimate of drug-likeness (QED) is 0.821. The zero-order chi connectivity index (χ0) is 15.9. The maximum atomic E-state index is 11.8. The molecule has 0 heterocycles. The van der Waals surface area contributed by atoms with Crippen molar-refractivity contribution in [1.29, 1.82) is 0 Å². The van der Waals surface area contributed by atoms with Crippen molar-refractivity contribution in [2.45, 2.75) is 6.92 Å². The van der Waals surface area contributed by atoms with E-state index in [1.165, 1.54) is 0 Å². The number of benzene rings is 2. The molecule has 6 heteroatoms. The third kappa shape index (κ3) is 4.89. The van der Waals surface area contributed by atoms with Crippen LogP contribution in [0.3, 0.4) is 0 Å². The van der Waals surface area contributed by atoms with Gasteiger partial charge in [-0.25, -0.2) is 0 Å². The predicted molar refractivity (Wildman–Crippen MR) is 86.4 cm³/mol. The predicted octanol–water partition coefficient (Wildman–Crippen LogP) is 2.60. The number of halogens is 1. The Balaban J connectivity index is 1.78. The Hall–Kier alpha value is -2.34. The summed E-state index contributed by atoms with van der Waals surface area (Å²) >= 11 is 3.29. The molecule has 22 heavy (non-hydrogen) atoms. The molecule has 0 aliphatic rings. The molecule has 2 aromatic rings. The number of carbonyl (C=O) groups is 2. The van der Waals surface area contributed by atoms with Gasteiger partial charge in [-0.15, -0.1) is 0 Å². The van der Waals surface area contributed by atoms with Crippen molar-refractivity contribution >= 4 is 27.7 Å². The first-order valence-electron chi connectivity index (χ1n) is 6.59. The molecule has 0 aliphatic carbocycles. The number of carbonyl (C=O) groups excluding carboxylic acids is 2. The topological polar surface area (TPSA) is 67.4 Å². The molecule has 5 nitrogen and oxygen atoms in total. The summed E-state index contributed by atoms with van der Waals surface area (Å²) in [5.74, 6) is -0.224. The first-order valence-corrected chi connectivity index (χ1v) is 7.38. The van der Waals surface area contributed by atoms with Crippen molar-refractivity contribution in [3.8, 4) is 5.75 Å². The molecule has 0 saturated heterocycles. The van der Waals surface area contributed by atoms with E-state index in [2.05, 4.69) is 26.8 Å². The summed E-state index contributed by atoms with van der Waals surface area (Å²) in [6.07, 6.45) is 0. The first kappa shape index (κ1) is 16.0. The molecular weight excluding hydrogens is 348 g/mol. The van der Waals surface area contributed by atoms with Crippen LogP contribution >= 0.6 is 15.9 Å². The zero-order valence-electron chi connectivity index (χ0n) is 11.9. The minimum absolute atomic E-state index is 0.177. The van der Waals surface area contributed by atoms with E-state index in [9.17, 15) is 9.59 Å². The first-order chi connectivity index (χ1) is 10.5. The highest BCUT2D eigenvalue weighted by atomic mass is 79.9. The lowest BCUT2D eigenvalue weighted by atomic mass is 10.2. The summed E-state index contributed by atoms with van der Waals surface area (Å²) in [6.45, 7) is 1.76. The van der Waals surface area contributed by atoms with Crippen molar-refractivity contribution in [3.05, 3.63) is 64.1 Å². The van der Waals surface area contributed by atoms with Crippen LogP contribution in [0.5, 0.6) is 5.75 Å². The van der Waals surface area contributed by atoms with Gasteiger partial charge in [0.2, 0.25) is 0 Å². The van der Waals surface area contributed by atoms with Crippen LogP contribution < -0.4 is 15.6 Å². The van der Waals surface area contributed by atoms with E-state index in [0.717, 1.165) is 10.0 Å². The monoisotopic (exact) mass is 362 g/mol. The summed E-state index contributed by atoms with van der Waals surface area (Å²) in [4.78, 5) is 23.4. The zero-order valence-corrected chi connectivity index (χ0v) is 13.5. The van der Waals surface area contributed by atoms with Crippen molar-refractivity contribution in [3.63, 3.8) is 0 Å². The van der Waals surface area contributed by atoms with Crippen molar-refractivity contribution in [2.75, 3.05) is 6.61 Å². The standard InChI is InChI=1S/C16H15BrN2O3/c1-11-3-2-4-14(9-11)22-10-15(20)18-19-16(21)12-5-7-13(17)8-6-12/h2-9H,10H2,1H3,(H,18,20)(H,19,21). The minimum atomic E-state index is -0.438. The number of ether oxygens (including phenoxy) is 1. The van der Waals surface area contributed by atoms with Gasteiger partial charge in [-0.3, -0.25) is 20.4 Å². The average Bonchev–Trinajstić information content (AvgIpc) is 2.51. The largest absolute Gasteiger partial charge is 0.484 e. The summed E-state index contributed by atoms with van der Waals surface area (Å²) in [5, 5.41) is 0. The highest BCUT2D eigenvalue weighted by molar-refractivity contribution is 9.10. The van der Waals surface area contributed by atoms with Crippen LogP contribution in [0, 0.1) is 6.92 Å². The van der Waals surface area contributed by atoms with E-state index >= 15 is 0 Å². The maximum absolute atomic E-state index is 11.8. The van der Waals surface area contributed by atoms with Crippen molar-refractivity contribution in [2.24, 2.45) is 0 Å². The Morgan fingerprint density at radius 1 is 1.09 bits per heavy atom. The van der Waals surface area contributed by atoms with Gasteiger partial charge in [0, 0.05) is 10.0 Å². The van der Waals surface area contributed by atoms with Crippen LogP contribution in [0.15, 0.2) is 53.0 Å². The summed E-state index contributed by atoms with van der Waals surface area (Å²) in [6, 6.07) is 14.2. The third-order valence-corrected chi connectivity index (χ3v) is 3.31. The lowest BCUT2D eigenvalue weighted by molar-refractivity contribution is -0.123. The van der Waals surface area contributed by atoms with Crippen LogP contribution in [0.25, 0.3) is 0 Å². The minimum Gasteiger partial charge on any atom is -0.484 e. The Kier molecular flexibility index (Phi) is 5.55. The second-order valence-electron chi connectivity index (χ2n) is 4.61. The smallest absolute Gasteiger partial charge is 0.276 e. The van der Waals surface area contributed by atoms with Crippen LogP contribution in [0.4, 0.5) is 0 Å². The van der Waals surface area contributed by atoms with E-state index in [1.54, 1.807) is 30.3 Å². The van der Waals surface area contributed by atoms with Gasteiger partial charge >= 0.3 is 0 Å². The van der Waals surface area contributed by atoms with Gasteiger partial charge in [0.25, 0.3) is 11.8 Å². The van der Waals surface area contributed by atoms with E-state index in [4.69, 9.17) is 4.74 Å². The van der Waals surface area contributed by atoms with Crippen molar-refractivity contribution in [1.82, 2.24) is 10.9 Å². The van der Waals surface area contributed by atoms with Gasteiger partial charge in [0.05, 0.1) is 0 Å². The van der Waals surface area contributed by atoms with Gasteiger partial charge < -0.3 is 4.74 Å². The number of nitrogens with one attached hydrogen (secondary N) is 2. The molecule has 114 valence electrons. The number of rotatable bonds is 4. The molecule has 0 bridgehead atoms. The average molecular weight is 363 g/mol. The molecule has 2 rings (SSSR count). The molecular formula is C16H15BrN2O3. The lowest BCUT2D eigenvalue weighted by Crippen LogP contribution is -2.43. The van der Waals surface area contributed by atoms with Gasteiger partial charge in [-0.2, -0.15) is 0 Å². The highest BCUT2D eigenvalue weighted by Gasteiger charge is 2.07. The number of aryl methyl sites for hydroxylation is 1. The molecule has 2 amide bonds. The van der Waals surface area contributed by atoms with Gasteiger partial charge in [-0.05, 0) is 48.9 Å². The Labute approximate surface area is 136 Å². The van der Waals surface area contributed by atoms with Crippen LogP contribution in [0.2, 0.25) is 0 Å². The van der Waals surface area contributed by atoms with Crippen LogP contribution in [0.1, 0.15) is 15.9 Å². The molecule has 0 saturated carbocycles. The maximum Gasteiger partial charge on any atom is 0.276 e. The van der Waals surface area contributed by atoms with Gasteiger partial charge in [0.15, 0.2) is 6.61 Å². The molecule has 0 aliphatic heterocycles. The molecule has 0 radical (unpaired) electrons. The van der Waals surface area contributed by atoms with Crippen molar-refractivity contribution < 1.29 is 14.3 Å². The molecule has 0 spiro atoms. The van der Waals surface area contributed by atoms with E-state index in [-0.39, 0.29) is 6.61 Å². The van der Waals surface area contributed by atoms with Gasteiger partial charge in [0.1, 0.15) is 5.75 Å². The molecule has 2 aromatic carbocycles. The Morgan fingerprint density at radius 2 is 1.82 bits per heavy atom. The van der Waals surface area contributed by atoms with E-state index in [0.29, 0.717) is 11.3 Å². The van der Waals surface area contributed by atoms with E-state index < -0.39 is 11.8 Å². The molecule has 0 fully saturated rings. The fourth-order valence-electron chi connectivity index (χ4n) is 1.69. The van der Waals surface area contributed by atoms with E-state index in [1.807, 2.05) is 25.1 Å². The van der Waals surface area contributed by atoms with Crippen LogP contribution in [-0.2, 0) is 4.79 Å². The second-order valence-corrected chi connectivity index (χ2v) is 5.53. The summed E-state index contributed by atoms with van der Waals surface area (Å²) in [7, 11) is 0. The summed E-state index contributed by atoms with van der Waals surface area (Å²) < 4.78 is 6.21. The SMILES string of the molecule is Cc1cccc(OCC(=O)NNC(=O)c2ccc(Br)cc2)c1. The molecule has 0 atom stereocenters. The number of hydrogen-bond acceptors (Lipinski definition) is 3. The normalized spacial score (nSPS) is 9.91. The number of hydrazine groups is 1.